The van der Waals surface area contributed by atoms with Crippen LogP contribution < -0.4 is 5.32 Å². The van der Waals surface area contributed by atoms with Gasteiger partial charge in [-0.3, -0.25) is 10.1 Å². The number of rotatable bonds is 6. The fraction of sp³-hybridized carbons (Fsp3) is 0.571. The molecule has 1 fully saturated rings. The number of non-ortho nitro benzene ring substituents is 1. The maximum atomic E-state index is 12.2. The van der Waals surface area contributed by atoms with Crippen molar-refractivity contribution in [2.45, 2.75) is 37.6 Å². The molecule has 1 aromatic carbocycles. The largest absolute Gasteiger partial charge is 0.312 e. The highest BCUT2D eigenvalue weighted by Crippen LogP contribution is 2.39. The van der Waals surface area contributed by atoms with Gasteiger partial charge in [-0.2, -0.15) is 0 Å². The van der Waals surface area contributed by atoms with Gasteiger partial charge < -0.3 is 5.32 Å². The Balaban J connectivity index is 1.94. The van der Waals surface area contributed by atoms with E-state index < -0.39 is 14.8 Å². The van der Waals surface area contributed by atoms with Crippen LogP contribution in [0.4, 0.5) is 5.69 Å². The minimum atomic E-state index is -3.40. The van der Waals surface area contributed by atoms with Gasteiger partial charge in [0, 0.05) is 24.7 Å². The first-order chi connectivity index (χ1) is 9.72. The fourth-order valence-corrected chi connectivity index (χ4v) is 3.68. The molecule has 0 heterocycles. The maximum absolute atomic E-state index is 12.2. The molecule has 116 valence electrons. The number of hydrogen-bond donors (Lipinski definition) is 1. The number of nitrogens with zero attached hydrogens (tertiary/aromatic N) is 1. The molecule has 0 saturated heterocycles. The van der Waals surface area contributed by atoms with E-state index >= 15 is 0 Å². The summed E-state index contributed by atoms with van der Waals surface area (Å²) in [7, 11) is -3.40. The van der Waals surface area contributed by atoms with E-state index in [0.29, 0.717) is 12.6 Å². The van der Waals surface area contributed by atoms with Crippen LogP contribution >= 0.6 is 0 Å². The topological polar surface area (TPSA) is 89.3 Å². The molecule has 1 atom stereocenters. The minimum Gasteiger partial charge on any atom is -0.312 e. The van der Waals surface area contributed by atoms with Gasteiger partial charge in [0.1, 0.15) is 0 Å². The van der Waals surface area contributed by atoms with E-state index in [9.17, 15) is 18.5 Å². The predicted octanol–water partition coefficient (Wildman–Crippen LogP) is 2.15. The Morgan fingerprint density at radius 2 is 1.95 bits per heavy atom. The second-order valence-electron chi connectivity index (χ2n) is 6.10. The Labute approximate surface area is 124 Å². The summed E-state index contributed by atoms with van der Waals surface area (Å²) in [6, 6.07) is 5.39. The lowest BCUT2D eigenvalue weighted by Gasteiger charge is -2.45. The first-order valence-electron chi connectivity index (χ1n) is 6.93. The molecular formula is C14H20N2O4S. The first kappa shape index (κ1) is 15.9. The van der Waals surface area contributed by atoms with Crippen LogP contribution in [0.25, 0.3) is 0 Å². The van der Waals surface area contributed by atoms with Crippen LogP contribution in [0.15, 0.2) is 29.2 Å². The average molecular weight is 312 g/mol. The van der Waals surface area contributed by atoms with Crippen molar-refractivity contribution < 1.29 is 13.3 Å². The van der Waals surface area contributed by atoms with Gasteiger partial charge in [0.15, 0.2) is 9.84 Å². The van der Waals surface area contributed by atoms with E-state index in [-0.39, 0.29) is 21.8 Å². The number of hydrogen-bond acceptors (Lipinski definition) is 5. The van der Waals surface area contributed by atoms with E-state index in [0.717, 1.165) is 12.8 Å². The molecule has 0 aliphatic heterocycles. The summed E-state index contributed by atoms with van der Waals surface area (Å²) in [6.45, 7) is 4.73. The van der Waals surface area contributed by atoms with Crippen LogP contribution in [0.1, 0.15) is 26.7 Å². The molecule has 0 aromatic heterocycles. The lowest BCUT2D eigenvalue weighted by atomic mass is 9.67. The van der Waals surface area contributed by atoms with Crippen molar-refractivity contribution in [1.29, 1.82) is 0 Å². The average Bonchev–Trinajstić information content (AvgIpc) is 2.42. The summed E-state index contributed by atoms with van der Waals surface area (Å²) in [5, 5.41) is 13.8. The standard InChI is InChI=1S/C14H20N2O4S/c1-14(2)8-7-13(14)15-9-10-21(19,20)12-5-3-11(4-6-12)16(17)18/h3-6,13,15H,7-10H2,1-2H3/t13-/m0/s1. The first-order valence-corrected chi connectivity index (χ1v) is 8.58. The van der Waals surface area contributed by atoms with Gasteiger partial charge in [-0.15, -0.1) is 0 Å². The zero-order valence-corrected chi connectivity index (χ0v) is 13.0. The van der Waals surface area contributed by atoms with E-state index in [1.807, 2.05) is 0 Å². The molecule has 1 aliphatic rings. The van der Waals surface area contributed by atoms with Crippen LogP contribution in [0.2, 0.25) is 0 Å². The van der Waals surface area contributed by atoms with Gasteiger partial charge in [-0.25, -0.2) is 8.42 Å². The Kier molecular flexibility index (Phi) is 4.34. The molecule has 1 N–H and O–H groups in total. The Morgan fingerprint density at radius 3 is 2.38 bits per heavy atom. The number of benzene rings is 1. The van der Waals surface area contributed by atoms with Crippen LogP contribution in [0.5, 0.6) is 0 Å². The Morgan fingerprint density at radius 1 is 1.33 bits per heavy atom. The zero-order valence-electron chi connectivity index (χ0n) is 12.2. The summed E-state index contributed by atoms with van der Waals surface area (Å²) in [6.07, 6.45) is 2.23. The minimum absolute atomic E-state index is 0.00259. The molecule has 2 rings (SSSR count). The quantitative estimate of drug-likeness (QED) is 0.642. The third kappa shape index (κ3) is 3.59. The van der Waals surface area contributed by atoms with Gasteiger partial charge >= 0.3 is 0 Å². The lowest BCUT2D eigenvalue weighted by Crippen LogP contribution is -2.51. The van der Waals surface area contributed by atoms with Crippen LogP contribution in [-0.2, 0) is 9.84 Å². The van der Waals surface area contributed by atoms with Crippen molar-refractivity contribution in [2.75, 3.05) is 12.3 Å². The fourth-order valence-electron chi connectivity index (χ4n) is 2.50. The molecular weight excluding hydrogens is 292 g/mol. The Bertz CT molecular complexity index is 623. The van der Waals surface area contributed by atoms with Crippen molar-refractivity contribution in [3.63, 3.8) is 0 Å². The highest BCUT2D eigenvalue weighted by atomic mass is 32.2. The smallest absolute Gasteiger partial charge is 0.269 e. The summed E-state index contributed by atoms with van der Waals surface area (Å²) in [4.78, 5) is 10.1. The molecule has 0 bridgehead atoms. The molecule has 1 saturated carbocycles. The SMILES string of the molecule is CC1(C)CC[C@@H]1NCCS(=O)(=O)c1ccc([N+](=O)[O-])cc1. The van der Waals surface area contributed by atoms with Gasteiger partial charge in [-0.1, -0.05) is 13.8 Å². The maximum Gasteiger partial charge on any atom is 0.269 e. The molecule has 7 heteroatoms. The Hall–Kier alpha value is -1.47. The molecule has 1 aliphatic carbocycles. The number of sulfone groups is 1. The van der Waals surface area contributed by atoms with Crippen LogP contribution in [0, 0.1) is 15.5 Å². The van der Waals surface area contributed by atoms with E-state index in [2.05, 4.69) is 19.2 Å². The van der Waals surface area contributed by atoms with Gasteiger partial charge in [0.05, 0.1) is 15.6 Å². The number of nitro groups is 1. The summed E-state index contributed by atoms with van der Waals surface area (Å²) in [5.74, 6) is -0.00259. The van der Waals surface area contributed by atoms with Gasteiger partial charge in [-0.05, 0) is 30.4 Å². The van der Waals surface area contributed by atoms with Crippen molar-refractivity contribution >= 4 is 15.5 Å². The number of nitrogens with one attached hydrogen (secondary N) is 1. The summed E-state index contributed by atoms with van der Waals surface area (Å²) in [5.41, 5.74) is 0.125. The molecule has 0 spiro atoms. The molecule has 1 aromatic rings. The van der Waals surface area contributed by atoms with Crippen LogP contribution in [-0.4, -0.2) is 31.7 Å². The second kappa shape index (κ2) is 5.73. The van der Waals surface area contributed by atoms with E-state index in [1.165, 1.54) is 24.3 Å². The van der Waals surface area contributed by atoms with Crippen molar-refractivity contribution in [3.05, 3.63) is 34.4 Å². The number of nitro benzene ring substituents is 1. The molecule has 0 unspecified atom stereocenters. The van der Waals surface area contributed by atoms with Crippen LogP contribution in [0.3, 0.4) is 0 Å². The highest BCUT2D eigenvalue weighted by Gasteiger charge is 2.37. The molecule has 0 radical (unpaired) electrons. The molecule has 0 amide bonds. The molecule has 21 heavy (non-hydrogen) atoms. The molecule has 6 nitrogen and oxygen atoms in total. The van der Waals surface area contributed by atoms with Crippen molar-refractivity contribution in [2.24, 2.45) is 5.41 Å². The van der Waals surface area contributed by atoms with Gasteiger partial charge in [0.25, 0.3) is 5.69 Å². The summed E-state index contributed by atoms with van der Waals surface area (Å²) >= 11 is 0. The van der Waals surface area contributed by atoms with Crippen molar-refractivity contribution in [1.82, 2.24) is 5.32 Å². The van der Waals surface area contributed by atoms with E-state index in [4.69, 9.17) is 0 Å². The highest BCUT2D eigenvalue weighted by molar-refractivity contribution is 7.91. The van der Waals surface area contributed by atoms with Gasteiger partial charge in [0.2, 0.25) is 0 Å². The third-order valence-electron chi connectivity index (χ3n) is 4.19. The predicted molar refractivity (Wildman–Crippen MR) is 80.0 cm³/mol. The van der Waals surface area contributed by atoms with Crippen molar-refractivity contribution in [3.8, 4) is 0 Å². The third-order valence-corrected chi connectivity index (χ3v) is 5.92. The lowest BCUT2D eigenvalue weighted by molar-refractivity contribution is -0.384. The zero-order chi connectivity index (χ0) is 15.7. The second-order valence-corrected chi connectivity index (χ2v) is 8.21. The van der Waals surface area contributed by atoms with E-state index in [1.54, 1.807) is 0 Å². The summed E-state index contributed by atoms with van der Waals surface area (Å²) < 4.78 is 24.3. The monoisotopic (exact) mass is 312 g/mol. The normalized spacial score (nSPS) is 20.8.